The van der Waals surface area contributed by atoms with Gasteiger partial charge in [-0.05, 0) is 49.6 Å². The van der Waals surface area contributed by atoms with Gasteiger partial charge in [0.25, 0.3) is 0 Å². The van der Waals surface area contributed by atoms with Crippen LogP contribution in [0.4, 0.5) is 4.39 Å². The quantitative estimate of drug-likeness (QED) is 0.497. The van der Waals surface area contributed by atoms with Gasteiger partial charge in [-0.15, -0.1) is 10.2 Å². The van der Waals surface area contributed by atoms with E-state index in [1.807, 2.05) is 40.9 Å². The number of hydrogen-bond donors (Lipinski definition) is 2. The molecule has 0 radical (unpaired) electrons. The number of guanidine groups is 1. The van der Waals surface area contributed by atoms with E-state index in [2.05, 4.69) is 27.8 Å². The maximum atomic E-state index is 13.4. The summed E-state index contributed by atoms with van der Waals surface area (Å²) in [4.78, 5) is 4.72. The van der Waals surface area contributed by atoms with E-state index in [9.17, 15) is 4.39 Å². The molecule has 4 rings (SSSR count). The molecule has 2 N–H and O–H groups in total. The third-order valence-corrected chi connectivity index (χ3v) is 5.72. The first-order valence-corrected chi connectivity index (χ1v) is 10.3. The fourth-order valence-electron chi connectivity index (χ4n) is 4.17. The monoisotopic (exact) mass is 394 g/mol. The average Bonchev–Trinajstić information content (AvgIpc) is 3.39. The molecule has 2 heterocycles. The third-order valence-electron chi connectivity index (χ3n) is 5.72. The molecule has 3 aromatic rings. The molecule has 0 spiro atoms. The lowest BCUT2D eigenvalue weighted by Gasteiger charge is -2.31. The summed E-state index contributed by atoms with van der Waals surface area (Å²) in [6.45, 7) is 4.03. The summed E-state index contributed by atoms with van der Waals surface area (Å²) in [6.07, 6.45) is 6.53. The van der Waals surface area contributed by atoms with Crippen molar-refractivity contribution in [2.24, 2.45) is 4.99 Å². The van der Waals surface area contributed by atoms with E-state index in [0.717, 1.165) is 43.4 Å². The van der Waals surface area contributed by atoms with Gasteiger partial charge in [0.15, 0.2) is 17.4 Å². The van der Waals surface area contributed by atoms with Crippen molar-refractivity contribution < 1.29 is 4.39 Å². The lowest BCUT2D eigenvalue weighted by atomic mass is 9.79. The predicted molar refractivity (Wildman–Crippen MR) is 112 cm³/mol. The van der Waals surface area contributed by atoms with Crippen molar-refractivity contribution >= 4 is 11.6 Å². The zero-order chi connectivity index (χ0) is 20.1. The molecule has 0 atom stereocenters. The summed E-state index contributed by atoms with van der Waals surface area (Å²) in [5, 5.41) is 15.3. The smallest absolute Gasteiger partial charge is 0.191 e. The van der Waals surface area contributed by atoms with Crippen LogP contribution in [0.2, 0.25) is 0 Å². The maximum Gasteiger partial charge on any atom is 0.191 e. The van der Waals surface area contributed by atoms with Gasteiger partial charge in [-0.2, -0.15) is 0 Å². The van der Waals surface area contributed by atoms with E-state index in [-0.39, 0.29) is 11.2 Å². The molecule has 1 aromatic carbocycles. The minimum absolute atomic E-state index is 0.0193. The van der Waals surface area contributed by atoms with Crippen molar-refractivity contribution in [3.63, 3.8) is 0 Å². The SMILES string of the molecule is CCNC(=NCc1nnc2ccccn12)NCC1(c2ccc(F)cc2)CCCC1. The zero-order valence-electron chi connectivity index (χ0n) is 16.7. The van der Waals surface area contributed by atoms with Crippen molar-refractivity contribution in [2.75, 3.05) is 13.1 Å². The second-order valence-corrected chi connectivity index (χ2v) is 7.59. The van der Waals surface area contributed by atoms with Crippen LogP contribution in [0.25, 0.3) is 5.65 Å². The van der Waals surface area contributed by atoms with Gasteiger partial charge in [-0.3, -0.25) is 4.40 Å². The molecule has 0 aliphatic heterocycles. The van der Waals surface area contributed by atoms with Crippen LogP contribution in [-0.4, -0.2) is 33.6 Å². The number of nitrogens with zero attached hydrogens (tertiary/aromatic N) is 4. The molecule has 29 heavy (non-hydrogen) atoms. The summed E-state index contributed by atoms with van der Waals surface area (Å²) < 4.78 is 15.3. The van der Waals surface area contributed by atoms with Gasteiger partial charge in [-0.25, -0.2) is 9.38 Å². The first kappa shape index (κ1) is 19.4. The van der Waals surface area contributed by atoms with Gasteiger partial charge in [0.1, 0.15) is 12.4 Å². The summed E-state index contributed by atoms with van der Waals surface area (Å²) in [5.74, 6) is 1.37. The molecule has 7 heteroatoms. The van der Waals surface area contributed by atoms with Crippen molar-refractivity contribution in [1.29, 1.82) is 0 Å². The van der Waals surface area contributed by atoms with E-state index in [1.54, 1.807) is 12.1 Å². The number of fused-ring (bicyclic) bond motifs is 1. The van der Waals surface area contributed by atoms with Crippen LogP contribution in [0.1, 0.15) is 44.0 Å². The molecule has 1 aliphatic rings. The van der Waals surface area contributed by atoms with Gasteiger partial charge < -0.3 is 10.6 Å². The van der Waals surface area contributed by atoms with E-state index < -0.39 is 0 Å². The van der Waals surface area contributed by atoms with Crippen LogP contribution in [-0.2, 0) is 12.0 Å². The van der Waals surface area contributed by atoms with Crippen LogP contribution in [0, 0.1) is 5.82 Å². The summed E-state index contributed by atoms with van der Waals surface area (Å²) in [7, 11) is 0. The Morgan fingerprint density at radius 1 is 1.10 bits per heavy atom. The molecule has 1 aliphatic carbocycles. The Kier molecular flexibility index (Phi) is 5.74. The minimum atomic E-state index is -0.190. The van der Waals surface area contributed by atoms with E-state index in [4.69, 9.17) is 4.99 Å². The highest BCUT2D eigenvalue weighted by Gasteiger charge is 2.35. The van der Waals surface area contributed by atoms with Gasteiger partial charge in [0, 0.05) is 24.7 Å². The van der Waals surface area contributed by atoms with Crippen molar-refractivity contribution in [2.45, 2.75) is 44.6 Å². The number of nitrogens with one attached hydrogen (secondary N) is 2. The van der Waals surface area contributed by atoms with Crippen molar-refractivity contribution in [1.82, 2.24) is 25.2 Å². The Morgan fingerprint density at radius 2 is 1.90 bits per heavy atom. The number of rotatable bonds is 6. The first-order valence-electron chi connectivity index (χ1n) is 10.3. The number of pyridine rings is 1. The number of benzene rings is 1. The van der Waals surface area contributed by atoms with Crippen molar-refractivity contribution in [3.8, 4) is 0 Å². The Labute approximate surface area is 170 Å². The fourth-order valence-corrected chi connectivity index (χ4v) is 4.17. The second kappa shape index (κ2) is 8.59. The Hall–Kier alpha value is -2.96. The van der Waals surface area contributed by atoms with Crippen LogP contribution in [0.15, 0.2) is 53.7 Å². The fraction of sp³-hybridized carbons (Fsp3) is 0.409. The topological polar surface area (TPSA) is 66.6 Å². The average molecular weight is 394 g/mol. The molecule has 6 nitrogen and oxygen atoms in total. The van der Waals surface area contributed by atoms with Gasteiger partial charge in [0.05, 0.1) is 0 Å². The van der Waals surface area contributed by atoms with Gasteiger partial charge in [0.2, 0.25) is 0 Å². The number of aliphatic imine (C=N–C) groups is 1. The molecule has 1 fully saturated rings. The van der Waals surface area contributed by atoms with Crippen LogP contribution in [0.3, 0.4) is 0 Å². The van der Waals surface area contributed by atoms with Crippen molar-refractivity contribution in [3.05, 3.63) is 65.9 Å². The molecule has 1 saturated carbocycles. The van der Waals surface area contributed by atoms with Crippen LogP contribution >= 0.6 is 0 Å². The highest BCUT2D eigenvalue weighted by molar-refractivity contribution is 5.79. The normalized spacial score (nSPS) is 16.3. The van der Waals surface area contributed by atoms with E-state index in [0.29, 0.717) is 6.54 Å². The molecular weight excluding hydrogens is 367 g/mol. The highest BCUT2D eigenvalue weighted by atomic mass is 19.1. The summed E-state index contributed by atoms with van der Waals surface area (Å²) >= 11 is 0. The number of aromatic nitrogens is 3. The lowest BCUT2D eigenvalue weighted by molar-refractivity contribution is 0.431. The second-order valence-electron chi connectivity index (χ2n) is 7.59. The largest absolute Gasteiger partial charge is 0.357 e. The van der Waals surface area contributed by atoms with E-state index >= 15 is 0 Å². The first-order chi connectivity index (χ1) is 14.2. The summed E-state index contributed by atoms with van der Waals surface area (Å²) in [5.41, 5.74) is 2.03. The lowest BCUT2D eigenvalue weighted by Crippen LogP contribution is -2.44. The van der Waals surface area contributed by atoms with E-state index in [1.165, 1.54) is 18.4 Å². The highest BCUT2D eigenvalue weighted by Crippen LogP contribution is 2.40. The molecular formula is C22H27FN6. The Bertz CT molecular complexity index is 972. The molecule has 2 aromatic heterocycles. The van der Waals surface area contributed by atoms with Crippen LogP contribution < -0.4 is 10.6 Å². The van der Waals surface area contributed by atoms with Crippen LogP contribution in [0.5, 0.6) is 0 Å². The molecule has 0 unspecified atom stereocenters. The van der Waals surface area contributed by atoms with Gasteiger partial charge in [-0.1, -0.05) is 31.0 Å². The van der Waals surface area contributed by atoms with Gasteiger partial charge >= 0.3 is 0 Å². The Balaban J connectivity index is 1.49. The summed E-state index contributed by atoms with van der Waals surface area (Å²) in [6, 6.07) is 12.8. The molecule has 0 saturated heterocycles. The minimum Gasteiger partial charge on any atom is -0.357 e. The molecule has 0 amide bonds. The number of hydrogen-bond acceptors (Lipinski definition) is 3. The molecule has 0 bridgehead atoms. The third kappa shape index (κ3) is 4.23. The molecule has 152 valence electrons. The maximum absolute atomic E-state index is 13.4. The standard InChI is InChI=1S/C22H27FN6/c1-2-24-21(25-15-20-28-27-19-7-3-6-14-29(19)20)26-16-22(12-4-5-13-22)17-8-10-18(23)11-9-17/h3,6-11,14H,2,4-5,12-13,15-16H2,1H3,(H2,24,25,26). The predicted octanol–water partition coefficient (Wildman–Crippen LogP) is 3.44. The Morgan fingerprint density at radius 3 is 2.66 bits per heavy atom. The zero-order valence-corrected chi connectivity index (χ0v) is 16.7. The number of halogens is 1.